The largest absolute Gasteiger partial charge is 0.316 e. The molecule has 0 spiro atoms. The first-order chi connectivity index (χ1) is 16.5. The second-order valence-electron chi connectivity index (χ2n) is 8.82. The zero-order valence-corrected chi connectivity index (χ0v) is 19.6. The van der Waals surface area contributed by atoms with Crippen molar-refractivity contribution < 1.29 is 4.79 Å². The van der Waals surface area contributed by atoms with Crippen LogP contribution in [0, 0.1) is 0 Å². The molecule has 1 atom stereocenters. The lowest BCUT2D eigenvalue weighted by molar-refractivity contribution is -0.120. The van der Waals surface area contributed by atoms with E-state index in [1.54, 1.807) is 17.3 Å². The van der Waals surface area contributed by atoms with Gasteiger partial charge in [-0.05, 0) is 49.7 Å². The quantitative estimate of drug-likeness (QED) is 0.455. The number of amides is 1. The number of hydrogen-bond acceptors (Lipinski definition) is 7. The van der Waals surface area contributed by atoms with Crippen molar-refractivity contribution in [2.24, 2.45) is 0 Å². The predicted molar refractivity (Wildman–Crippen MR) is 132 cm³/mol. The summed E-state index contributed by atoms with van der Waals surface area (Å²) in [5.74, 6) is 1.57. The molecule has 1 saturated heterocycles. The fourth-order valence-electron chi connectivity index (χ4n) is 4.27. The van der Waals surface area contributed by atoms with Gasteiger partial charge in [-0.1, -0.05) is 13.8 Å². The van der Waals surface area contributed by atoms with Crippen molar-refractivity contribution in [1.82, 2.24) is 29.9 Å². The number of carbonyl (C=O) groups excluding carboxylic acids is 1. The highest BCUT2D eigenvalue weighted by atomic mass is 16.2. The molecule has 1 aliphatic rings. The number of anilines is 3. The number of piperidine rings is 1. The summed E-state index contributed by atoms with van der Waals surface area (Å²) >= 11 is 0. The zero-order chi connectivity index (χ0) is 23.7. The van der Waals surface area contributed by atoms with Gasteiger partial charge in [0.15, 0.2) is 0 Å². The van der Waals surface area contributed by atoms with Gasteiger partial charge in [0, 0.05) is 42.5 Å². The molecule has 174 valence electrons. The van der Waals surface area contributed by atoms with Gasteiger partial charge in [0.1, 0.15) is 5.82 Å². The number of carbonyl (C=O) groups is 1. The summed E-state index contributed by atoms with van der Waals surface area (Å²) in [7, 11) is 1.89. The monoisotopic (exact) mass is 456 g/mol. The van der Waals surface area contributed by atoms with E-state index in [2.05, 4.69) is 50.6 Å². The maximum Gasteiger partial charge on any atom is 0.228 e. The van der Waals surface area contributed by atoms with E-state index in [4.69, 9.17) is 0 Å². The Morgan fingerprint density at radius 2 is 2.00 bits per heavy atom. The van der Waals surface area contributed by atoms with Gasteiger partial charge in [0.25, 0.3) is 0 Å². The molecule has 4 aromatic rings. The summed E-state index contributed by atoms with van der Waals surface area (Å²) in [6.45, 7) is 5.01. The minimum atomic E-state index is 0.111. The minimum absolute atomic E-state index is 0.111. The third-order valence-corrected chi connectivity index (χ3v) is 6.26. The van der Waals surface area contributed by atoms with Crippen LogP contribution in [-0.4, -0.2) is 50.1 Å². The van der Waals surface area contributed by atoms with Crippen molar-refractivity contribution in [2.45, 2.75) is 38.6 Å². The lowest BCUT2D eigenvalue weighted by Crippen LogP contribution is -2.45. The first kappa shape index (κ1) is 22.0. The highest BCUT2D eigenvalue weighted by molar-refractivity contribution is 5.94. The van der Waals surface area contributed by atoms with E-state index in [1.165, 1.54) is 5.56 Å². The third-order valence-electron chi connectivity index (χ3n) is 6.26. The van der Waals surface area contributed by atoms with Crippen LogP contribution in [0.25, 0.3) is 16.8 Å². The molecular formula is C25H28N8O. The number of rotatable bonds is 6. The van der Waals surface area contributed by atoms with Gasteiger partial charge in [-0.15, -0.1) is 0 Å². The highest BCUT2D eigenvalue weighted by Gasteiger charge is 2.25. The highest BCUT2D eigenvalue weighted by Crippen LogP contribution is 2.26. The normalized spacial score (nSPS) is 16.4. The van der Waals surface area contributed by atoms with Gasteiger partial charge in [0.05, 0.1) is 29.3 Å². The molecule has 34 heavy (non-hydrogen) atoms. The molecule has 1 unspecified atom stereocenters. The summed E-state index contributed by atoms with van der Waals surface area (Å²) in [6, 6.07) is 9.98. The summed E-state index contributed by atoms with van der Waals surface area (Å²) < 4.78 is 1.89. The second-order valence-corrected chi connectivity index (χ2v) is 8.82. The van der Waals surface area contributed by atoms with Crippen molar-refractivity contribution >= 4 is 28.9 Å². The van der Waals surface area contributed by atoms with E-state index < -0.39 is 0 Å². The van der Waals surface area contributed by atoms with Gasteiger partial charge in [-0.2, -0.15) is 5.10 Å². The van der Waals surface area contributed by atoms with Crippen LogP contribution >= 0.6 is 0 Å². The van der Waals surface area contributed by atoms with Crippen molar-refractivity contribution in [1.29, 1.82) is 0 Å². The smallest absolute Gasteiger partial charge is 0.228 e. The van der Waals surface area contributed by atoms with Crippen LogP contribution in [0.3, 0.4) is 0 Å². The summed E-state index contributed by atoms with van der Waals surface area (Å²) in [4.78, 5) is 27.8. The molecule has 1 fully saturated rings. The van der Waals surface area contributed by atoms with Crippen LogP contribution in [0.2, 0.25) is 0 Å². The van der Waals surface area contributed by atoms with E-state index in [0.29, 0.717) is 30.6 Å². The van der Waals surface area contributed by atoms with Gasteiger partial charge >= 0.3 is 0 Å². The molecule has 2 N–H and O–H groups in total. The van der Waals surface area contributed by atoms with Gasteiger partial charge < -0.3 is 15.5 Å². The SMILES string of the molecule is CNC1CCN(c2ccc(Nc3nccc(-c4ccn5ncc(C(C)C)c5c4)n3)nc2)C(=O)C1. The Kier molecular flexibility index (Phi) is 5.93. The van der Waals surface area contributed by atoms with E-state index in [1.807, 2.05) is 48.2 Å². The standard InChI is InChI=1S/C25H28N8O/c1-16(2)20-15-29-33-11-7-17(12-22(20)33)21-6-9-27-25(30-21)31-23-5-4-19(14-28-23)32-10-8-18(26-3)13-24(32)34/h4-7,9,11-12,14-16,18,26H,8,10,13H2,1-3H3,(H,27,28,30,31). The van der Waals surface area contributed by atoms with Crippen LogP contribution in [0.1, 0.15) is 38.2 Å². The van der Waals surface area contributed by atoms with Crippen molar-refractivity contribution in [3.8, 4) is 11.3 Å². The first-order valence-corrected chi connectivity index (χ1v) is 11.5. The number of nitrogens with zero attached hydrogens (tertiary/aromatic N) is 6. The molecule has 9 heteroatoms. The Morgan fingerprint density at radius 1 is 1.12 bits per heavy atom. The van der Waals surface area contributed by atoms with E-state index >= 15 is 0 Å². The molecule has 1 amide bonds. The van der Waals surface area contributed by atoms with Gasteiger partial charge in [-0.3, -0.25) is 4.79 Å². The maximum atomic E-state index is 12.5. The number of nitrogens with one attached hydrogen (secondary N) is 2. The third kappa shape index (κ3) is 4.34. The van der Waals surface area contributed by atoms with Gasteiger partial charge in [0.2, 0.25) is 11.9 Å². The molecule has 9 nitrogen and oxygen atoms in total. The number of aromatic nitrogens is 5. The van der Waals surface area contributed by atoms with Crippen LogP contribution < -0.4 is 15.5 Å². The topological polar surface area (TPSA) is 100 Å². The first-order valence-electron chi connectivity index (χ1n) is 11.5. The van der Waals surface area contributed by atoms with Crippen molar-refractivity contribution in [3.63, 3.8) is 0 Å². The molecular weight excluding hydrogens is 428 g/mol. The van der Waals surface area contributed by atoms with E-state index in [0.717, 1.165) is 28.9 Å². The van der Waals surface area contributed by atoms with Gasteiger partial charge in [-0.25, -0.2) is 19.5 Å². The molecule has 0 saturated carbocycles. The molecule has 0 radical (unpaired) electrons. The Morgan fingerprint density at radius 3 is 2.74 bits per heavy atom. The van der Waals surface area contributed by atoms with Crippen molar-refractivity contribution in [3.05, 3.63) is 60.7 Å². The summed E-state index contributed by atoms with van der Waals surface area (Å²) in [6.07, 6.45) is 8.74. The Labute approximate surface area is 198 Å². The summed E-state index contributed by atoms with van der Waals surface area (Å²) in [5.41, 5.74) is 4.88. The van der Waals surface area contributed by atoms with E-state index in [9.17, 15) is 4.79 Å². The Hall–Kier alpha value is -3.85. The second kappa shape index (κ2) is 9.18. The van der Waals surface area contributed by atoms with Crippen molar-refractivity contribution in [2.75, 3.05) is 23.8 Å². The molecule has 0 aliphatic carbocycles. The predicted octanol–water partition coefficient (Wildman–Crippen LogP) is 3.77. The van der Waals surface area contributed by atoms with Crippen LogP contribution in [-0.2, 0) is 4.79 Å². The Balaban J connectivity index is 1.33. The average molecular weight is 457 g/mol. The molecule has 5 rings (SSSR count). The fraction of sp³-hybridized carbons (Fsp3) is 0.320. The molecule has 5 heterocycles. The lowest BCUT2D eigenvalue weighted by atomic mass is 10.0. The molecule has 0 bridgehead atoms. The number of pyridine rings is 2. The Bertz CT molecular complexity index is 1310. The molecule has 0 aromatic carbocycles. The number of hydrogen-bond donors (Lipinski definition) is 2. The number of fused-ring (bicyclic) bond motifs is 1. The van der Waals surface area contributed by atoms with Crippen LogP contribution in [0.15, 0.2) is 55.1 Å². The average Bonchev–Trinajstić information content (AvgIpc) is 3.28. The zero-order valence-electron chi connectivity index (χ0n) is 19.6. The van der Waals surface area contributed by atoms with Crippen LogP contribution in [0.5, 0.6) is 0 Å². The lowest BCUT2D eigenvalue weighted by Gasteiger charge is -2.31. The summed E-state index contributed by atoms with van der Waals surface area (Å²) in [5, 5.41) is 10.8. The fourth-order valence-corrected chi connectivity index (χ4v) is 4.27. The maximum absolute atomic E-state index is 12.5. The van der Waals surface area contributed by atoms with E-state index in [-0.39, 0.29) is 11.9 Å². The molecule has 4 aromatic heterocycles. The molecule has 1 aliphatic heterocycles. The minimum Gasteiger partial charge on any atom is -0.316 e. The van der Waals surface area contributed by atoms with Crippen LogP contribution in [0.4, 0.5) is 17.5 Å².